The molecule has 2 rings (SSSR count). The molecule has 130 valence electrons. The van der Waals surface area contributed by atoms with E-state index in [4.69, 9.17) is 11.2 Å². The maximum Gasteiger partial charge on any atom is 0.251 e. The van der Waals surface area contributed by atoms with Crippen LogP contribution in [-0.2, 0) is 5.60 Å². The quantitative estimate of drug-likeness (QED) is 0.792. The molecule has 0 aromatic heterocycles. The van der Waals surface area contributed by atoms with Gasteiger partial charge in [-0.3, -0.25) is 4.79 Å². The summed E-state index contributed by atoms with van der Waals surface area (Å²) in [7, 11) is 0. The lowest BCUT2D eigenvalue weighted by Crippen LogP contribution is -2.39. The van der Waals surface area contributed by atoms with Crippen molar-refractivity contribution in [1.82, 2.24) is 5.32 Å². The molecule has 0 aliphatic heterocycles. The highest BCUT2D eigenvalue weighted by molar-refractivity contribution is 5.94. The molecule has 0 aliphatic carbocycles. The molecule has 0 fully saturated rings. The Morgan fingerprint density at radius 2 is 1.96 bits per heavy atom. The van der Waals surface area contributed by atoms with Gasteiger partial charge in [-0.05, 0) is 37.3 Å². The molecule has 2 aromatic rings. The topological polar surface area (TPSA) is 58.6 Å². The standard InChI is InChI=1S/C19H17F2NO3/c1-3-10-25-15-7-4-13(5-8-15)18(23)22-12-19(2,24)16-9-6-14(20)11-17(16)21/h1,4-9,11,24H,10,12H2,2H3,(H,22,23). The highest BCUT2D eigenvalue weighted by Gasteiger charge is 2.27. The molecule has 0 radical (unpaired) electrons. The Morgan fingerprint density at radius 1 is 1.28 bits per heavy atom. The first kappa shape index (κ1) is 18.4. The summed E-state index contributed by atoms with van der Waals surface area (Å²) in [6.07, 6.45) is 5.09. The molecule has 0 heterocycles. The van der Waals surface area contributed by atoms with Gasteiger partial charge in [0.25, 0.3) is 5.91 Å². The minimum atomic E-state index is -1.69. The second kappa shape index (κ2) is 7.77. The van der Waals surface area contributed by atoms with Gasteiger partial charge in [0, 0.05) is 17.2 Å². The van der Waals surface area contributed by atoms with E-state index < -0.39 is 23.1 Å². The number of ether oxygens (including phenoxy) is 1. The molecule has 1 unspecified atom stereocenters. The lowest BCUT2D eigenvalue weighted by molar-refractivity contribution is 0.0494. The van der Waals surface area contributed by atoms with E-state index in [-0.39, 0.29) is 18.7 Å². The van der Waals surface area contributed by atoms with Gasteiger partial charge in [-0.25, -0.2) is 8.78 Å². The summed E-state index contributed by atoms with van der Waals surface area (Å²) in [5.41, 5.74) is -1.46. The van der Waals surface area contributed by atoms with Crippen LogP contribution in [0.25, 0.3) is 0 Å². The summed E-state index contributed by atoms with van der Waals surface area (Å²) in [6, 6.07) is 9.12. The fourth-order valence-corrected chi connectivity index (χ4v) is 2.20. The van der Waals surface area contributed by atoms with E-state index in [2.05, 4.69) is 11.2 Å². The predicted molar refractivity (Wildman–Crippen MR) is 89.0 cm³/mol. The third kappa shape index (κ3) is 4.78. The van der Waals surface area contributed by atoms with Crippen molar-refractivity contribution in [3.63, 3.8) is 0 Å². The summed E-state index contributed by atoms with van der Waals surface area (Å²) >= 11 is 0. The number of benzene rings is 2. The zero-order valence-corrected chi connectivity index (χ0v) is 13.6. The van der Waals surface area contributed by atoms with Crippen LogP contribution < -0.4 is 10.1 Å². The molecular formula is C19H17F2NO3. The van der Waals surface area contributed by atoms with Crippen molar-refractivity contribution in [2.24, 2.45) is 0 Å². The number of carbonyl (C=O) groups excluding carboxylic acids is 1. The first-order valence-corrected chi connectivity index (χ1v) is 7.46. The van der Waals surface area contributed by atoms with E-state index in [0.717, 1.165) is 12.1 Å². The summed E-state index contributed by atoms with van der Waals surface area (Å²) in [5, 5.41) is 12.9. The smallest absolute Gasteiger partial charge is 0.251 e. The van der Waals surface area contributed by atoms with Gasteiger partial charge in [-0.2, -0.15) is 0 Å². The fraction of sp³-hybridized carbons (Fsp3) is 0.211. The van der Waals surface area contributed by atoms with Crippen LogP contribution in [0.2, 0.25) is 0 Å². The largest absolute Gasteiger partial charge is 0.481 e. The Hall–Kier alpha value is -2.91. The molecule has 0 bridgehead atoms. The highest BCUT2D eigenvalue weighted by atomic mass is 19.1. The van der Waals surface area contributed by atoms with Crippen LogP contribution in [0.15, 0.2) is 42.5 Å². The Bertz CT molecular complexity index is 795. The van der Waals surface area contributed by atoms with Crippen LogP contribution in [0.4, 0.5) is 8.78 Å². The molecule has 4 nitrogen and oxygen atoms in total. The summed E-state index contributed by atoms with van der Waals surface area (Å²) in [6.45, 7) is 1.21. The number of carbonyl (C=O) groups is 1. The normalized spacial score (nSPS) is 12.8. The molecule has 0 aliphatic rings. The molecule has 2 N–H and O–H groups in total. The molecule has 0 spiro atoms. The van der Waals surface area contributed by atoms with Crippen LogP contribution in [0, 0.1) is 24.0 Å². The SMILES string of the molecule is C#CCOc1ccc(C(=O)NCC(C)(O)c2ccc(F)cc2F)cc1. The van der Waals surface area contributed by atoms with E-state index in [1.54, 1.807) is 12.1 Å². The fourth-order valence-electron chi connectivity index (χ4n) is 2.20. The van der Waals surface area contributed by atoms with Gasteiger partial charge in [-0.1, -0.05) is 12.0 Å². The van der Waals surface area contributed by atoms with Crippen molar-refractivity contribution >= 4 is 5.91 Å². The van der Waals surface area contributed by atoms with Gasteiger partial charge in [0.15, 0.2) is 0 Å². The Balaban J connectivity index is 2.02. The minimum Gasteiger partial charge on any atom is -0.481 e. The molecule has 1 amide bonds. The summed E-state index contributed by atoms with van der Waals surface area (Å²) in [5.74, 6) is 0.778. The maximum absolute atomic E-state index is 13.8. The maximum atomic E-state index is 13.8. The molecular weight excluding hydrogens is 328 g/mol. The van der Waals surface area contributed by atoms with E-state index >= 15 is 0 Å². The number of aliphatic hydroxyl groups is 1. The van der Waals surface area contributed by atoms with Gasteiger partial charge >= 0.3 is 0 Å². The number of amides is 1. The number of halogens is 2. The lowest BCUT2D eigenvalue weighted by Gasteiger charge is -2.24. The van der Waals surface area contributed by atoms with Crippen molar-refractivity contribution in [3.05, 3.63) is 65.2 Å². The van der Waals surface area contributed by atoms with Crippen LogP contribution >= 0.6 is 0 Å². The Kier molecular flexibility index (Phi) is 5.73. The summed E-state index contributed by atoms with van der Waals surface area (Å²) < 4.78 is 32.0. The van der Waals surface area contributed by atoms with Crippen molar-refractivity contribution < 1.29 is 23.4 Å². The second-order valence-electron chi connectivity index (χ2n) is 5.60. The van der Waals surface area contributed by atoms with Crippen molar-refractivity contribution in [3.8, 4) is 18.1 Å². The van der Waals surface area contributed by atoms with Crippen LogP contribution in [0.3, 0.4) is 0 Å². The molecule has 1 atom stereocenters. The minimum absolute atomic E-state index is 0.104. The average molecular weight is 345 g/mol. The number of hydrogen-bond donors (Lipinski definition) is 2. The van der Waals surface area contributed by atoms with Crippen molar-refractivity contribution in [2.75, 3.05) is 13.2 Å². The molecule has 0 saturated carbocycles. The third-order valence-electron chi connectivity index (χ3n) is 3.54. The highest BCUT2D eigenvalue weighted by Crippen LogP contribution is 2.23. The zero-order valence-electron chi connectivity index (χ0n) is 13.6. The molecule has 25 heavy (non-hydrogen) atoms. The second-order valence-corrected chi connectivity index (χ2v) is 5.60. The molecule has 6 heteroatoms. The van der Waals surface area contributed by atoms with Crippen molar-refractivity contribution in [1.29, 1.82) is 0 Å². The predicted octanol–water partition coefficient (Wildman–Crippen LogP) is 2.61. The molecule has 2 aromatic carbocycles. The van der Waals surface area contributed by atoms with Crippen LogP contribution in [-0.4, -0.2) is 24.2 Å². The van der Waals surface area contributed by atoms with Gasteiger partial charge in [0.2, 0.25) is 0 Å². The molecule has 0 saturated heterocycles. The van der Waals surface area contributed by atoms with E-state index in [1.165, 1.54) is 19.1 Å². The van der Waals surface area contributed by atoms with Gasteiger partial charge < -0.3 is 15.2 Å². The first-order chi connectivity index (χ1) is 11.8. The number of terminal acetylenes is 1. The van der Waals surface area contributed by atoms with Crippen molar-refractivity contribution in [2.45, 2.75) is 12.5 Å². The summed E-state index contributed by atoms with van der Waals surface area (Å²) in [4.78, 5) is 12.1. The van der Waals surface area contributed by atoms with E-state index in [1.807, 2.05) is 0 Å². The van der Waals surface area contributed by atoms with Gasteiger partial charge in [0.05, 0.1) is 6.54 Å². The Labute approximate surface area is 144 Å². The van der Waals surface area contributed by atoms with Gasteiger partial charge in [0.1, 0.15) is 29.6 Å². The number of nitrogens with one attached hydrogen (secondary N) is 1. The lowest BCUT2D eigenvalue weighted by atomic mass is 9.95. The third-order valence-corrected chi connectivity index (χ3v) is 3.54. The van der Waals surface area contributed by atoms with Gasteiger partial charge in [-0.15, -0.1) is 6.42 Å². The average Bonchev–Trinajstić information content (AvgIpc) is 2.58. The zero-order chi connectivity index (χ0) is 18.4. The monoisotopic (exact) mass is 345 g/mol. The van der Waals surface area contributed by atoms with Crippen LogP contribution in [0.1, 0.15) is 22.8 Å². The first-order valence-electron chi connectivity index (χ1n) is 7.46. The van der Waals surface area contributed by atoms with E-state index in [0.29, 0.717) is 17.4 Å². The van der Waals surface area contributed by atoms with Crippen LogP contribution in [0.5, 0.6) is 5.75 Å². The Morgan fingerprint density at radius 3 is 2.56 bits per heavy atom. The van der Waals surface area contributed by atoms with E-state index in [9.17, 15) is 18.7 Å². The number of rotatable bonds is 6. The number of hydrogen-bond acceptors (Lipinski definition) is 3.